The number of rotatable bonds is 5. The van der Waals surface area contributed by atoms with Gasteiger partial charge in [0.15, 0.2) is 0 Å². The van der Waals surface area contributed by atoms with Crippen LogP contribution in [0.15, 0.2) is 0 Å². The standard InChI is InChI=1S/C6H12BrO/c1-2-5-8-6-3-4-7/h2H,3-6H2,1H3. The van der Waals surface area contributed by atoms with Crippen LogP contribution in [0.4, 0.5) is 0 Å². The van der Waals surface area contributed by atoms with E-state index >= 15 is 0 Å². The van der Waals surface area contributed by atoms with E-state index in [1.165, 1.54) is 0 Å². The van der Waals surface area contributed by atoms with Crippen LogP contribution in [0.25, 0.3) is 0 Å². The molecule has 0 rings (SSSR count). The van der Waals surface area contributed by atoms with E-state index in [2.05, 4.69) is 15.9 Å². The van der Waals surface area contributed by atoms with E-state index in [4.69, 9.17) is 4.74 Å². The predicted octanol–water partition coefficient (Wildman–Crippen LogP) is 2.01. The highest BCUT2D eigenvalue weighted by Crippen LogP contribution is 1.88. The van der Waals surface area contributed by atoms with Gasteiger partial charge in [-0.1, -0.05) is 22.9 Å². The van der Waals surface area contributed by atoms with Gasteiger partial charge in [-0.25, -0.2) is 0 Å². The predicted molar refractivity (Wildman–Crippen MR) is 39.2 cm³/mol. The Labute approximate surface area is 59.5 Å². The molecule has 0 saturated heterocycles. The summed E-state index contributed by atoms with van der Waals surface area (Å²) in [7, 11) is 0. The van der Waals surface area contributed by atoms with Crippen LogP contribution in [0.1, 0.15) is 13.3 Å². The molecule has 0 atom stereocenters. The lowest BCUT2D eigenvalue weighted by Crippen LogP contribution is -1.95. The molecular formula is C6H12BrO. The van der Waals surface area contributed by atoms with E-state index in [0.29, 0.717) is 0 Å². The first-order valence-electron chi connectivity index (χ1n) is 2.83. The molecule has 0 aromatic rings. The van der Waals surface area contributed by atoms with Crippen molar-refractivity contribution in [3.8, 4) is 0 Å². The summed E-state index contributed by atoms with van der Waals surface area (Å²) < 4.78 is 5.14. The van der Waals surface area contributed by atoms with Gasteiger partial charge in [0.2, 0.25) is 0 Å². The second kappa shape index (κ2) is 7.44. The molecule has 0 heterocycles. The van der Waals surface area contributed by atoms with Crippen molar-refractivity contribution in [3.63, 3.8) is 0 Å². The van der Waals surface area contributed by atoms with Crippen molar-refractivity contribution < 1.29 is 4.74 Å². The van der Waals surface area contributed by atoms with Crippen LogP contribution in [0.2, 0.25) is 0 Å². The van der Waals surface area contributed by atoms with Crippen LogP contribution >= 0.6 is 15.9 Å². The Morgan fingerprint density at radius 2 is 2.38 bits per heavy atom. The van der Waals surface area contributed by atoms with Crippen molar-refractivity contribution >= 4 is 15.9 Å². The minimum absolute atomic E-state index is 0.785. The van der Waals surface area contributed by atoms with E-state index in [1.807, 2.05) is 13.3 Å². The Morgan fingerprint density at radius 1 is 1.62 bits per heavy atom. The van der Waals surface area contributed by atoms with Gasteiger partial charge in [0.25, 0.3) is 0 Å². The molecule has 0 unspecified atom stereocenters. The molecule has 0 aromatic carbocycles. The summed E-state index contributed by atoms with van der Waals surface area (Å²) >= 11 is 3.31. The molecule has 0 fully saturated rings. The average molecular weight is 180 g/mol. The molecule has 49 valence electrons. The Balaban J connectivity index is 2.53. The van der Waals surface area contributed by atoms with Gasteiger partial charge in [0.1, 0.15) is 0 Å². The van der Waals surface area contributed by atoms with Crippen LogP contribution in [0, 0.1) is 6.42 Å². The Morgan fingerprint density at radius 3 is 2.88 bits per heavy atom. The molecular weight excluding hydrogens is 168 g/mol. The highest BCUT2D eigenvalue weighted by Gasteiger charge is 1.82. The summed E-state index contributed by atoms with van der Waals surface area (Å²) in [5.74, 6) is 0. The first-order chi connectivity index (χ1) is 3.91. The Bertz CT molecular complexity index is 33.5. The number of alkyl halides is 1. The third kappa shape index (κ3) is 6.44. The van der Waals surface area contributed by atoms with Crippen molar-refractivity contribution in [2.45, 2.75) is 13.3 Å². The fraction of sp³-hybridized carbons (Fsp3) is 0.833. The third-order valence-electron chi connectivity index (χ3n) is 0.707. The molecule has 1 nitrogen and oxygen atoms in total. The molecule has 2 heteroatoms. The minimum atomic E-state index is 0.785. The lowest BCUT2D eigenvalue weighted by atomic mass is 10.5. The summed E-state index contributed by atoms with van der Waals surface area (Å²) in [6.07, 6.45) is 3.11. The lowest BCUT2D eigenvalue weighted by molar-refractivity contribution is 0.156. The van der Waals surface area contributed by atoms with E-state index < -0.39 is 0 Å². The highest BCUT2D eigenvalue weighted by atomic mass is 79.9. The second-order valence-corrected chi connectivity index (χ2v) is 2.32. The number of ether oxygens (including phenoxy) is 1. The molecule has 1 radical (unpaired) electrons. The van der Waals surface area contributed by atoms with E-state index in [1.54, 1.807) is 0 Å². The summed E-state index contributed by atoms with van der Waals surface area (Å²) in [6, 6.07) is 0. The van der Waals surface area contributed by atoms with Gasteiger partial charge < -0.3 is 4.74 Å². The zero-order valence-electron chi connectivity index (χ0n) is 5.19. The van der Waals surface area contributed by atoms with Crippen LogP contribution in [0.3, 0.4) is 0 Å². The van der Waals surface area contributed by atoms with Gasteiger partial charge in [-0.05, 0) is 12.8 Å². The molecule has 0 aromatic heterocycles. The largest absolute Gasteiger partial charge is 0.381 e. The van der Waals surface area contributed by atoms with Crippen LogP contribution < -0.4 is 0 Å². The van der Waals surface area contributed by atoms with Gasteiger partial charge in [-0.3, -0.25) is 0 Å². The fourth-order valence-electron chi connectivity index (χ4n) is 0.358. The first kappa shape index (κ1) is 8.44. The fourth-order valence-corrected chi connectivity index (χ4v) is 0.587. The maximum Gasteiger partial charge on any atom is 0.0495 e. The van der Waals surface area contributed by atoms with Crippen molar-refractivity contribution in [1.82, 2.24) is 0 Å². The quantitative estimate of drug-likeness (QED) is 0.464. The number of hydrogen-bond acceptors (Lipinski definition) is 1. The summed E-state index contributed by atoms with van der Waals surface area (Å²) in [5.41, 5.74) is 0. The Kier molecular flexibility index (Phi) is 7.85. The molecule has 0 saturated carbocycles. The van der Waals surface area contributed by atoms with E-state index in [0.717, 1.165) is 25.0 Å². The van der Waals surface area contributed by atoms with E-state index in [9.17, 15) is 0 Å². The normalized spacial score (nSPS) is 9.75. The summed E-state index contributed by atoms with van der Waals surface area (Å²) in [5, 5.41) is 1.04. The maximum atomic E-state index is 5.14. The van der Waals surface area contributed by atoms with Crippen LogP contribution in [0.5, 0.6) is 0 Å². The molecule has 0 N–H and O–H groups in total. The minimum Gasteiger partial charge on any atom is -0.381 e. The topological polar surface area (TPSA) is 9.23 Å². The molecule has 0 amide bonds. The van der Waals surface area contributed by atoms with Crippen molar-refractivity contribution in [3.05, 3.63) is 6.42 Å². The number of hydrogen-bond donors (Lipinski definition) is 0. The van der Waals surface area contributed by atoms with Gasteiger partial charge in [-0.15, -0.1) is 0 Å². The molecule has 0 aliphatic rings. The zero-order valence-corrected chi connectivity index (χ0v) is 6.78. The van der Waals surface area contributed by atoms with E-state index in [-0.39, 0.29) is 0 Å². The molecule has 0 spiro atoms. The SMILES string of the molecule is C[CH]COCCCBr. The molecule has 0 bridgehead atoms. The smallest absolute Gasteiger partial charge is 0.0495 e. The zero-order chi connectivity index (χ0) is 6.24. The van der Waals surface area contributed by atoms with Gasteiger partial charge in [0, 0.05) is 18.5 Å². The third-order valence-corrected chi connectivity index (χ3v) is 1.27. The van der Waals surface area contributed by atoms with Crippen molar-refractivity contribution in [1.29, 1.82) is 0 Å². The van der Waals surface area contributed by atoms with Crippen LogP contribution in [-0.2, 0) is 4.74 Å². The molecule has 0 aliphatic carbocycles. The highest BCUT2D eigenvalue weighted by molar-refractivity contribution is 9.09. The Hall–Kier alpha value is 0.440. The average Bonchev–Trinajstić information content (AvgIpc) is 1.81. The number of halogens is 1. The summed E-state index contributed by atoms with van der Waals surface area (Å²) in [6.45, 7) is 3.65. The van der Waals surface area contributed by atoms with Crippen LogP contribution in [-0.4, -0.2) is 18.5 Å². The lowest BCUT2D eigenvalue weighted by Gasteiger charge is -1.97. The molecule has 0 aliphatic heterocycles. The van der Waals surface area contributed by atoms with Crippen molar-refractivity contribution in [2.75, 3.05) is 18.5 Å². The molecule has 8 heavy (non-hydrogen) atoms. The van der Waals surface area contributed by atoms with Gasteiger partial charge in [0.05, 0.1) is 0 Å². The van der Waals surface area contributed by atoms with Gasteiger partial charge in [-0.2, -0.15) is 0 Å². The first-order valence-corrected chi connectivity index (χ1v) is 3.95. The van der Waals surface area contributed by atoms with Gasteiger partial charge >= 0.3 is 0 Å². The maximum absolute atomic E-state index is 5.14. The summed E-state index contributed by atoms with van der Waals surface area (Å²) in [4.78, 5) is 0. The monoisotopic (exact) mass is 179 g/mol. The van der Waals surface area contributed by atoms with Crippen molar-refractivity contribution in [2.24, 2.45) is 0 Å². The second-order valence-electron chi connectivity index (χ2n) is 1.53.